The van der Waals surface area contributed by atoms with Gasteiger partial charge in [-0.25, -0.2) is 4.98 Å². The van der Waals surface area contributed by atoms with Gasteiger partial charge in [0.1, 0.15) is 5.65 Å². The van der Waals surface area contributed by atoms with E-state index in [0.29, 0.717) is 12.6 Å². The van der Waals surface area contributed by atoms with Gasteiger partial charge in [-0.2, -0.15) is 5.10 Å². The number of aromatic nitrogens is 4. The van der Waals surface area contributed by atoms with Crippen molar-refractivity contribution >= 4 is 41.3 Å². The second-order valence-corrected chi connectivity index (χ2v) is 7.36. The SMILES string of the molecule is CN=C(NCc1cn2c(C)cccc2n1)NC1CCCN(c2cnn(C)c2)C1.I. The highest BCUT2D eigenvalue weighted by Crippen LogP contribution is 2.19. The van der Waals surface area contributed by atoms with E-state index >= 15 is 0 Å². The molecule has 1 saturated heterocycles. The molecular weight excluding hydrogens is 479 g/mol. The van der Waals surface area contributed by atoms with Crippen LogP contribution in [0.25, 0.3) is 5.65 Å². The molecule has 4 rings (SSSR count). The van der Waals surface area contributed by atoms with Gasteiger partial charge in [0.15, 0.2) is 5.96 Å². The number of guanidine groups is 1. The lowest BCUT2D eigenvalue weighted by molar-refractivity contribution is 0.468. The number of piperidine rings is 1. The van der Waals surface area contributed by atoms with E-state index in [9.17, 15) is 0 Å². The average molecular weight is 508 g/mol. The first kappa shape index (κ1) is 21.4. The topological polar surface area (TPSA) is 74.8 Å². The van der Waals surface area contributed by atoms with E-state index in [4.69, 9.17) is 0 Å². The van der Waals surface area contributed by atoms with Crippen LogP contribution < -0.4 is 15.5 Å². The Morgan fingerprint density at radius 2 is 2.17 bits per heavy atom. The molecule has 0 amide bonds. The Morgan fingerprint density at radius 1 is 1.31 bits per heavy atom. The molecule has 0 bridgehead atoms. The first-order chi connectivity index (χ1) is 13.6. The smallest absolute Gasteiger partial charge is 0.191 e. The molecule has 1 fully saturated rings. The number of aliphatic imine (C=N–C) groups is 1. The Hall–Kier alpha value is -2.30. The van der Waals surface area contributed by atoms with Gasteiger partial charge >= 0.3 is 0 Å². The first-order valence-electron chi connectivity index (χ1n) is 9.77. The van der Waals surface area contributed by atoms with Gasteiger partial charge < -0.3 is 19.9 Å². The molecule has 1 atom stereocenters. The maximum Gasteiger partial charge on any atom is 0.191 e. The van der Waals surface area contributed by atoms with Crippen molar-refractivity contribution in [1.29, 1.82) is 0 Å². The van der Waals surface area contributed by atoms with Crippen molar-refractivity contribution in [3.05, 3.63) is 48.2 Å². The van der Waals surface area contributed by atoms with Crippen molar-refractivity contribution in [2.75, 3.05) is 25.0 Å². The van der Waals surface area contributed by atoms with Crippen molar-refractivity contribution in [1.82, 2.24) is 29.8 Å². The van der Waals surface area contributed by atoms with E-state index in [0.717, 1.165) is 43.2 Å². The molecule has 0 saturated carbocycles. The number of pyridine rings is 1. The highest BCUT2D eigenvalue weighted by atomic mass is 127. The zero-order valence-corrected chi connectivity index (χ0v) is 19.5. The summed E-state index contributed by atoms with van der Waals surface area (Å²) < 4.78 is 3.96. The monoisotopic (exact) mass is 508 g/mol. The standard InChI is InChI=1S/C20H28N8.HI/c1-15-6-4-8-19-24-17(13-28(15)19)10-22-20(21-2)25-16-7-5-9-27(12-16)18-11-23-26(3)14-18;/h4,6,8,11,13-14,16H,5,7,9-10,12H2,1-3H3,(H2,21,22,25);1H. The van der Waals surface area contributed by atoms with Gasteiger partial charge in [0.25, 0.3) is 0 Å². The number of aryl methyl sites for hydroxylation is 2. The van der Waals surface area contributed by atoms with Gasteiger partial charge in [-0.3, -0.25) is 9.67 Å². The van der Waals surface area contributed by atoms with Gasteiger partial charge in [0, 0.05) is 51.3 Å². The van der Waals surface area contributed by atoms with Crippen LogP contribution in [0.1, 0.15) is 24.2 Å². The van der Waals surface area contributed by atoms with Gasteiger partial charge in [0.2, 0.25) is 0 Å². The molecule has 156 valence electrons. The molecule has 4 heterocycles. The number of hydrogen-bond donors (Lipinski definition) is 2. The summed E-state index contributed by atoms with van der Waals surface area (Å²) in [6.45, 7) is 4.74. The van der Waals surface area contributed by atoms with Crippen molar-refractivity contribution < 1.29 is 0 Å². The minimum atomic E-state index is 0. The molecule has 9 heteroatoms. The van der Waals surface area contributed by atoms with E-state index in [1.807, 2.05) is 37.1 Å². The maximum atomic E-state index is 4.68. The van der Waals surface area contributed by atoms with E-state index in [-0.39, 0.29) is 24.0 Å². The summed E-state index contributed by atoms with van der Waals surface area (Å²) in [5, 5.41) is 11.3. The molecule has 1 aliphatic rings. The minimum Gasteiger partial charge on any atom is -0.367 e. The van der Waals surface area contributed by atoms with E-state index in [1.54, 1.807) is 0 Å². The summed E-state index contributed by atoms with van der Waals surface area (Å²) in [5.74, 6) is 0.812. The summed E-state index contributed by atoms with van der Waals surface area (Å²) in [6.07, 6.45) is 8.36. The molecule has 0 aromatic carbocycles. The number of rotatable bonds is 4. The molecule has 8 nitrogen and oxygen atoms in total. The number of nitrogens with one attached hydrogen (secondary N) is 2. The number of fused-ring (bicyclic) bond motifs is 1. The number of anilines is 1. The molecule has 0 aliphatic carbocycles. The van der Waals surface area contributed by atoms with Gasteiger partial charge in [-0.1, -0.05) is 6.07 Å². The van der Waals surface area contributed by atoms with Gasteiger partial charge in [-0.15, -0.1) is 24.0 Å². The fraction of sp³-hybridized carbons (Fsp3) is 0.450. The molecule has 3 aromatic rings. The maximum absolute atomic E-state index is 4.68. The summed E-state index contributed by atoms with van der Waals surface area (Å²) in [4.78, 5) is 11.5. The van der Waals surface area contributed by atoms with Crippen molar-refractivity contribution in [3.63, 3.8) is 0 Å². The summed E-state index contributed by atoms with van der Waals surface area (Å²) in [6, 6.07) is 6.50. The molecule has 0 spiro atoms. The van der Waals surface area contributed by atoms with E-state index in [1.165, 1.54) is 11.4 Å². The van der Waals surface area contributed by atoms with Crippen molar-refractivity contribution in [2.45, 2.75) is 32.4 Å². The van der Waals surface area contributed by atoms with Crippen LogP contribution in [0.3, 0.4) is 0 Å². The fourth-order valence-corrected chi connectivity index (χ4v) is 3.75. The highest BCUT2D eigenvalue weighted by molar-refractivity contribution is 14.0. The average Bonchev–Trinajstić information content (AvgIpc) is 3.32. The Labute approximate surface area is 188 Å². The third-order valence-electron chi connectivity index (χ3n) is 5.22. The molecular formula is C20H29IN8. The lowest BCUT2D eigenvalue weighted by Gasteiger charge is -2.34. The van der Waals surface area contributed by atoms with E-state index < -0.39 is 0 Å². The lowest BCUT2D eigenvalue weighted by atomic mass is 10.1. The molecule has 1 unspecified atom stereocenters. The molecule has 3 aromatic heterocycles. The second-order valence-electron chi connectivity index (χ2n) is 7.36. The van der Waals surface area contributed by atoms with Crippen LogP contribution in [0, 0.1) is 6.92 Å². The normalized spacial score (nSPS) is 17.3. The predicted octanol–water partition coefficient (Wildman–Crippen LogP) is 2.33. The fourth-order valence-electron chi connectivity index (χ4n) is 3.75. The summed E-state index contributed by atoms with van der Waals surface area (Å²) >= 11 is 0. The van der Waals surface area contributed by atoms with Crippen LogP contribution in [-0.4, -0.2) is 51.3 Å². The van der Waals surface area contributed by atoms with Crippen LogP contribution in [0.4, 0.5) is 5.69 Å². The van der Waals surface area contributed by atoms with Crippen molar-refractivity contribution in [3.8, 4) is 0 Å². The first-order valence-corrected chi connectivity index (χ1v) is 9.77. The zero-order chi connectivity index (χ0) is 19.5. The van der Waals surface area contributed by atoms with E-state index in [2.05, 4.69) is 60.4 Å². The Balaban J connectivity index is 0.00000240. The number of imidazole rings is 1. The number of hydrogen-bond acceptors (Lipinski definition) is 4. The molecule has 1 aliphatic heterocycles. The Bertz CT molecular complexity index is 976. The quantitative estimate of drug-likeness (QED) is 0.322. The largest absolute Gasteiger partial charge is 0.367 e. The summed E-state index contributed by atoms with van der Waals surface area (Å²) in [7, 11) is 3.76. The Morgan fingerprint density at radius 3 is 2.90 bits per heavy atom. The van der Waals surface area contributed by atoms with Crippen LogP contribution in [-0.2, 0) is 13.6 Å². The zero-order valence-electron chi connectivity index (χ0n) is 17.2. The molecule has 29 heavy (non-hydrogen) atoms. The van der Waals surface area contributed by atoms with Crippen LogP contribution in [0.2, 0.25) is 0 Å². The lowest BCUT2D eigenvalue weighted by Crippen LogP contribution is -2.51. The van der Waals surface area contributed by atoms with Crippen LogP contribution in [0.15, 0.2) is 41.8 Å². The third-order valence-corrected chi connectivity index (χ3v) is 5.22. The number of nitrogens with zero attached hydrogens (tertiary/aromatic N) is 6. The third kappa shape index (κ3) is 5.01. The van der Waals surface area contributed by atoms with Crippen LogP contribution >= 0.6 is 24.0 Å². The van der Waals surface area contributed by atoms with Crippen molar-refractivity contribution in [2.24, 2.45) is 12.0 Å². The highest BCUT2D eigenvalue weighted by Gasteiger charge is 2.21. The minimum absolute atomic E-state index is 0. The Kier molecular flexibility index (Phi) is 6.99. The molecule has 0 radical (unpaired) electrons. The number of halogens is 1. The predicted molar refractivity (Wildman–Crippen MR) is 127 cm³/mol. The van der Waals surface area contributed by atoms with Crippen LogP contribution in [0.5, 0.6) is 0 Å². The molecule has 2 N–H and O–H groups in total. The van der Waals surface area contributed by atoms with Gasteiger partial charge in [0.05, 0.1) is 24.1 Å². The van der Waals surface area contributed by atoms with Gasteiger partial charge in [-0.05, 0) is 31.9 Å². The summed E-state index contributed by atoms with van der Waals surface area (Å²) in [5.41, 5.74) is 4.32. The second kappa shape index (κ2) is 9.47.